The van der Waals surface area contributed by atoms with Crippen LogP contribution in [0.4, 0.5) is 0 Å². The standard InChI is InChI=1S/C23H28O4/c1-21-5-2-11(24)8-16(21)12-9-13(12)19-15(21)3-6-23-20(19)14-10-17(14)22(23,27-23)7-4-18(25)26/h8,12-15,17,19-20H,2-7,9-10H2,1H3,(H,25,26)/t12-,13+,14-,15?,17+,19?,20?,21-,22+,23-/m1/s1. The zero-order valence-electron chi connectivity index (χ0n) is 15.9. The van der Waals surface area contributed by atoms with Crippen molar-refractivity contribution >= 4 is 11.8 Å². The Morgan fingerprint density at radius 3 is 2.93 bits per heavy atom. The van der Waals surface area contributed by atoms with Crippen molar-refractivity contribution in [1.82, 2.24) is 0 Å². The van der Waals surface area contributed by atoms with Gasteiger partial charge in [-0.05, 0) is 91.4 Å². The first-order chi connectivity index (χ1) is 12.9. The summed E-state index contributed by atoms with van der Waals surface area (Å²) in [5.74, 6) is 4.64. The molecule has 0 aromatic heterocycles. The van der Waals surface area contributed by atoms with Crippen molar-refractivity contribution in [2.45, 2.75) is 69.5 Å². The van der Waals surface area contributed by atoms with Gasteiger partial charge in [-0.1, -0.05) is 12.5 Å². The number of aliphatic carboxylic acids is 1. The van der Waals surface area contributed by atoms with Gasteiger partial charge in [0.1, 0.15) is 11.2 Å². The number of ketones is 1. The maximum absolute atomic E-state index is 12.1. The van der Waals surface area contributed by atoms with Crippen molar-refractivity contribution in [2.75, 3.05) is 0 Å². The van der Waals surface area contributed by atoms with Crippen molar-refractivity contribution in [1.29, 1.82) is 0 Å². The quantitative estimate of drug-likeness (QED) is 0.773. The van der Waals surface area contributed by atoms with Crippen LogP contribution in [0.1, 0.15) is 58.3 Å². The molecule has 4 heteroatoms. The average Bonchev–Trinajstić information content (AvgIpc) is 3.52. The molecule has 1 aliphatic heterocycles. The first-order valence-electron chi connectivity index (χ1n) is 11.1. The Morgan fingerprint density at radius 1 is 1.26 bits per heavy atom. The Labute approximate surface area is 159 Å². The second-order valence-corrected chi connectivity index (χ2v) is 11.0. The van der Waals surface area contributed by atoms with Crippen molar-refractivity contribution in [2.24, 2.45) is 46.8 Å². The molecule has 1 spiro atoms. The summed E-state index contributed by atoms with van der Waals surface area (Å²) in [6.07, 6.45) is 9.66. The van der Waals surface area contributed by atoms with Crippen LogP contribution in [0.2, 0.25) is 0 Å². The van der Waals surface area contributed by atoms with Crippen molar-refractivity contribution in [3.63, 3.8) is 0 Å². The molecule has 0 radical (unpaired) electrons. The fourth-order valence-electron chi connectivity index (χ4n) is 9.28. The van der Waals surface area contributed by atoms with E-state index in [1.165, 1.54) is 24.8 Å². The van der Waals surface area contributed by atoms with E-state index >= 15 is 0 Å². The molecule has 3 unspecified atom stereocenters. The average molecular weight is 368 g/mol. The summed E-state index contributed by atoms with van der Waals surface area (Å²) >= 11 is 0. The number of ether oxygens (including phenoxy) is 1. The van der Waals surface area contributed by atoms with Crippen LogP contribution in [0.3, 0.4) is 0 Å². The third kappa shape index (κ3) is 1.61. The van der Waals surface area contributed by atoms with Gasteiger partial charge in [-0.15, -0.1) is 0 Å². The topological polar surface area (TPSA) is 66.9 Å². The molecule has 0 aromatic carbocycles. The maximum atomic E-state index is 12.1. The fourth-order valence-corrected chi connectivity index (χ4v) is 9.28. The third-order valence-corrected chi connectivity index (χ3v) is 10.3. The Hall–Kier alpha value is -1.16. The minimum Gasteiger partial charge on any atom is -0.481 e. The van der Waals surface area contributed by atoms with E-state index in [9.17, 15) is 14.7 Å². The van der Waals surface area contributed by atoms with Gasteiger partial charge in [-0.3, -0.25) is 9.59 Å². The molecule has 144 valence electrons. The SMILES string of the molecule is C[C@]12CCC(=O)C=C1[C@@H]1C[C@@H]1C1C2CC[C@]23O[C@@]2(CCC(=O)O)[C@H]2C[C@H]2C13. The van der Waals surface area contributed by atoms with Crippen molar-refractivity contribution < 1.29 is 19.4 Å². The molecule has 0 aromatic rings. The van der Waals surface area contributed by atoms with Gasteiger partial charge in [0.2, 0.25) is 0 Å². The smallest absolute Gasteiger partial charge is 0.303 e. The Kier molecular flexibility index (Phi) is 2.55. The van der Waals surface area contributed by atoms with Crippen LogP contribution in [-0.4, -0.2) is 28.1 Å². The van der Waals surface area contributed by atoms with E-state index in [1.54, 1.807) is 0 Å². The minimum absolute atomic E-state index is 0.0202. The second kappa shape index (κ2) is 4.37. The monoisotopic (exact) mass is 368 g/mol. The number of hydrogen-bond acceptors (Lipinski definition) is 3. The highest BCUT2D eigenvalue weighted by Crippen LogP contribution is 2.86. The largest absolute Gasteiger partial charge is 0.481 e. The highest BCUT2D eigenvalue weighted by Gasteiger charge is 2.90. The summed E-state index contributed by atoms with van der Waals surface area (Å²) in [7, 11) is 0. The lowest BCUT2D eigenvalue weighted by molar-refractivity contribution is -0.137. The number of carbonyl (C=O) groups excluding carboxylic acids is 1. The van der Waals surface area contributed by atoms with Crippen LogP contribution >= 0.6 is 0 Å². The van der Waals surface area contributed by atoms with E-state index < -0.39 is 5.97 Å². The zero-order chi connectivity index (χ0) is 18.3. The van der Waals surface area contributed by atoms with E-state index in [2.05, 4.69) is 6.92 Å². The van der Waals surface area contributed by atoms with Crippen LogP contribution in [0.15, 0.2) is 11.6 Å². The number of epoxide rings is 1. The zero-order valence-corrected chi connectivity index (χ0v) is 15.9. The minimum atomic E-state index is -0.682. The number of hydrogen-bond donors (Lipinski definition) is 1. The van der Waals surface area contributed by atoms with Gasteiger partial charge in [-0.25, -0.2) is 0 Å². The number of carbonyl (C=O) groups is 2. The van der Waals surface area contributed by atoms with Gasteiger partial charge in [0.15, 0.2) is 5.78 Å². The highest BCUT2D eigenvalue weighted by molar-refractivity contribution is 5.92. The first kappa shape index (κ1) is 15.7. The third-order valence-electron chi connectivity index (χ3n) is 10.3. The summed E-state index contributed by atoms with van der Waals surface area (Å²) in [6, 6.07) is 0. The molecular formula is C23H28O4. The van der Waals surface area contributed by atoms with E-state index in [-0.39, 0.29) is 23.0 Å². The maximum Gasteiger partial charge on any atom is 0.303 e. The first-order valence-corrected chi connectivity index (χ1v) is 11.1. The van der Waals surface area contributed by atoms with Crippen LogP contribution in [0.5, 0.6) is 0 Å². The van der Waals surface area contributed by atoms with Crippen LogP contribution < -0.4 is 0 Å². The van der Waals surface area contributed by atoms with Crippen LogP contribution in [0, 0.1) is 46.8 Å². The molecule has 4 nitrogen and oxygen atoms in total. The van der Waals surface area contributed by atoms with Gasteiger partial charge in [-0.2, -0.15) is 0 Å². The fraction of sp³-hybridized carbons (Fsp3) is 0.826. The molecule has 7 aliphatic rings. The predicted molar refractivity (Wildman–Crippen MR) is 96.7 cm³/mol. The van der Waals surface area contributed by atoms with Crippen LogP contribution in [0.25, 0.3) is 0 Å². The van der Waals surface area contributed by atoms with Gasteiger partial charge in [0, 0.05) is 12.8 Å². The van der Waals surface area contributed by atoms with E-state index in [0.717, 1.165) is 43.4 Å². The van der Waals surface area contributed by atoms with Gasteiger partial charge >= 0.3 is 5.97 Å². The summed E-state index contributed by atoms with van der Waals surface area (Å²) in [6.45, 7) is 2.46. The number of allylic oxidation sites excluding steroid dienone is 1. The molecule has 6 fully saturated rings. The molecule has 6 aliphatic carbocycles. The highest BCUT2D eigenvalue weighted by atomic mass is 16.6. The number of carboxylic acids is 1. The second-order valence-electron chi connectivity index (χ2n) is 11.0. The Morgan fingerprint density at radius 2 is 2.11 bits per heavy atom. The molecule has 0 bridgehead atoms. The molecule has 0 amide bonds. The lowest BCUT2D eigenvalue weighted by Crippen LogP contribution is -2.52. The van der Waals surface area contributed by atoms with E-state index in [4.69, 9.17) is 4.74 Å². The van der Waals surface area contributed by atoms with E-state index in [0.29, 0.717) is 29.5 Å². The molecule has 10 atom stereocenters. The summed E-state index contributed by atoms with van der Waals surface area (Å²) in [4.78, 5) is 23.3. The Bertz CT molecular complexity index is 830. The summed E-state index contributed by atoms with van der Waals surface area (Å²) in [5, 5.41) is 9.23. The Balaban J connectivity index is 1.27. The molecule has 5 saturated carbocycles. The number of rotatable bonds is 3. The molecule has 1 N–H and O–H groups in total. The van der Waals surface area contributed by atoms with Crippen molar-refractivity contribution in [3.05, 3.63) is 11.6 Å². The lowest BCUT2D eigenvalue weighted by atomic mass is 9.48. The van der Waals surface area contributed by atoms with Gasteiger partial charge in [0.05, 0.1) is 0 Å². The van der Waals surface area contributed by atoms with E-state index in [1.807, 2.05) is 6.08 Å². The number of carboxylic acid groups (broad SMARTS) is 1. The van der Waals surface area contributed by atoms with Gasteiger partial charge in [0.25, 0.3) is 0 Å². The molecule has 27 heavy (non-hydrogen) atoms. The predicted octanol–water partition coefficient (Wildman–Crippen LogP) is 3.60. The molecule has 7 rings (SSSR count). The van der Waals surface area contributed by atoms with Gasteiger partial charge < -0.3 is 9.84 Å². The summed E-state index contributed by atoms with van der Waals surface area (Å²) < 4.78 is 6.61. The lowest BCUT2D eigenvalue weighted by Gasteiger charge is -2.55. The van der Waals surface area contributed by atoms with Crippen LogP contribution in [-0.2, 0) is 14.3 Å². The molecule has 1 heterocycles. The van der Waals surface area contributed by atoms with Crippen molar-refractivity contribution in [3.8, 4) is 0 Å². The number of fused-ring (bicyclic) bond motifs is 10. The summed E-state index contributed by atoms with van der Waals surface area (Å²) in [5.41, 5.74) is 1.66. The normalized spacial score (nSPS) is 60.7. The molecule has 1 saturated heterocycles. The molecular weight excluding hydrogens is 340 g/mol.